The first-order valence-electron chi connectivity index (χ1n) is 10.1. The molecule has 2 fully saturated rings. The van der Waals surface area contributed by atoms with E-state index in [1.54, 1.807) is 17.5 Å². The lowest BCUT2D eigenvalue weighted by atomic mass is 9.96. The van der Waals surface area contributed by atoms with Gasteiger partial charge in [0.1, 0.15) is 4.21 Å². The van der Waals surface area contributed by atoms with Crippen LogP contribution in [0.3, 0.4) is 0 Å². The molecule has 0 atom stereocenters. The fourth-order valence-electron chi connectivity index (χ4n) is 3.80. The van der Waals surface area contributed by atoms with Gasteiger partial charge in [0.15, 0.2) is 0 Å². The molecule has 0 aromatic carbocycles. The van der Waals surface area contributed by atoms with E-state index < -0.39 is 10.0 Å². The minimum atomic E-state index is -3.45. The fraction of sp³-hybridized carbons (Fsp3) is 0.684. The second-order valence-electron chi connectivity index (χ2n) is 7.45. The van der Waals surface area contributed by atoms with E-state index in [0.717, 1.165) is 25.7 Å². The van der Waals surface area contributed by atoms with Crippen molar-refractivity contribution in [1.29, 1.82) is 0 Å². The summed E-state index contributed by atoms with van der Waals surface area (Å²) in [5.74, 6) is -0.0974. The van der Waals surface area contributed by atoms with Crippen LogP contribution >= 0.6 is 11.3 Å². The topological polar surface area (TPSA) is 86.8 Å². The van der Waals surface area contributed by atoms with Crippen LogP contribution in [0.1, 0.15) is 44.9 Å². The minimum absolute atomic E-state index is 0.00318. The largest absolute Gasteiger partial charge is 0.356 e. The fourth-order valence-corrected chi connectivity index (χ4v) is 6.42. The van der Waals surface area contributed by atoms with E-state index in [1.807, 2.05) is 4.90 Å². The number of thiophene rings is 1. The minimum Gasteiger partial charge on any atom is -0.356 e. The maximum atomic E-state index is 13.0. The third-order valence-electron chi connectivity index (χ3n) is 5.49. The number of rotatable bonds is 3. The maximum absolute atomic E-state index is 13.0. The van der Waals surface area contributed by atoms with Crippen molar-refractivity contribution < 1.29 is 18.0 Å². The summed E-state index contributed by atoms with van der Waals surface area (Å²) in [6, 6.07) is 3.36. The van der Waals surface area contributed by atoms with Crippen molar-refractivity contribution >= 4 is 33.2 Å². The van der Waals surface area contributed by atoms with E-state index in [2.05, 4.69) is 5.32 Å². The summed E-state index contributed by atoms with van der Waals surface area (Å²) in [5, 5.41) is 4.66. The van der Waals surface area contributed by atoms with Gasteiger partial charge in [-0.25, -0.2) is 8.42 Å². The summed E-state index contributed by atoms with van der Waals surface area (Å²) in [5.41, 5.74) is 0. The molecular weight excluding hydrogens is 398 g/mol. The second-order valence-corrected chi connectivity index (χ2v) is 10.6. The Bertz CT molecular complexity index is 756. The third kappa shape index (κ3) is 5.33. The first-order valence-corrected chi connectivity index (χ1v) is 12.4. The van der Waals surface area contributed by atoms with Crippen LogP contribution in [-0.4, -0.2) is 62.2 Å². The Hall–Kier alpha value is -1.45. The molecule has 2 saturated heterocycles. The summed E-state index contributed by atoms with van der Waals surface area (Å²) in [6.45, 7) is 2.57. The van der Waals surface area contributed by atoms with Gasteiger partial charge < -0.3 is 10.2 Å². The van der Waals surface area contributed by atoms with Gasteiger partial charge in [-0.2, -0.15) is 4.31 Å². The average Bonchev–Trinajstić information content (AvgIpc) is 3.23. The Labute approximate surface area is 171 Å². The van der Waals surface area contributed by atoms with Gasteiger partial charge >= 0.3 is 0 Å². The number of nitrogens with zero attached hydrogens (tertiary/aromatic N) is 2. The molecule has 1 aromatic rings. The molecular formula is C19H29N3O4S2. The molecule has 156 valence electrons. The van der Waals surface area contributed by atoms with Crippen LogP contribution in [-0.2, 0) is 19.6 Å². The van der Waals surface area contributed by atoms with Crippen LogP contribution in [0.5, 0.6) is 0 Å². The zero-order valence-corrected chi connectivity index (χ0v) is 17.8. The van der Waals surface area contributed by atoms with Crippen molar-refractivity contribution in [3.63, 3.8) is 0 Å². The Kier molecular flexibility index (Phi) is 7.48. The normalized spacial score (nSPS) is 21.7. The zero-order valence-electron chi connectivity index (χ0n) is 16.1. The first-order chi connectivity index (χ1) is 13.5. The molecule has 0 spiro atoms. The number of nitrogens with one attached hydrogen (secondary N) is 1. The number of hydrogen-bond acceptors (Lipinski definition) is 5. The summed E-state index contributed by atoms with van der Waals surface area (Å²) >= 11 is 1.22. The highest BCUT2D eigenvalue weighted by atomic mass is 32.2. The standard InChI is InChI=1S/C19H29N3O4S2/c23-17-9-12-21(11-4-2-1-3-10-20-17)19(24)16-7-13-22(14-8-16)28(25,26)18-6-5-15-27-18/h5-6,15-16H,1-4,7-14H2,(H,20,23). The lowest BCUT2D eigenvalue weighted by Gasteiger charge is -2.33. The van der Waals surface area contributed by atoms with Crippen molar-refractivity contribution in [3.8, 4) is 0 Å². The molecule has 3 rings (SSSR count). The monoisotopic (exact) mass is 427 g/mol. The van der Waals surface area contributed by atoms with Gasteiger partial charge in [0.2, 0.25) is 11.8 Å². The van der Waals surface area contributed by atoms with E-state index >= 15 is 0 Å². The molecule has 0 bridgehead atoms. The molecule has 2 amide bonds. The molecule has 28 heavy (non-hydrogen) atoms. The highest BCUT2D eigenvalue weighted by Gasteiger charge is 2.34. The Morgan fingerprint density at radius 3 is 2.54 bits per heavy atom. The smallest absolute Gasteiger partial charge is 0.252 e. The van der Waals surface area contributed by atoms with Gasteiger partial charge in [0.25, 0.3) is 10.0 Å². The van der Waals surface area contributed by atoms with E-state index in [9.17, 15) is 18.0 Å². The molecule has 0 aliphatic carbocycles. The Morgan fingerprint density at radius 1 is 1.07 bits per heavy atom. The molecule has 0 radical (unpaired) electrons. The molecule has 9 heteroatoms. The molecule has 7 nitrogen and oxygen atoms in total. The summed E-state index contributed by atoms with van der Waals surface area (Å²) < 4.78 is 27.1. The van der Waals surface area contributed by atoms with Crippen molar-refractivity contribution in [1.82, 2.24) is 14.5 Å². The molecule has 0 saturated carbocycles. The van der Waals surface area contributed by atoms with Crippen molar-refractivity contribution in [2.45, 2.75) is 49.2 Å². The SMILES string of the molecule is O=C1CCN(C(=O)C2CCN(S(=O)(=O)c3cccs3)CC2)CCCCCCN1. The summed E-state index contributed by atoms with van der Waals surface area (Å²) in [4.78, 5) is 26.7. The molecule has 2 aliphatic rings. The van der Waals surface area contributed by atoms with E-state index in [4.69, 9.17) is 0 Å². The van der Waals surface area contributed by atoms with Crippen molar-refractivity contribution in [2.75, 3.05) is 32.7 Å². The van der Waals surface area contributed by atoms with E-state index in [-0.39, 0.29) is 17.7 Å². The van der Waals surface area contributed by atoms with Crippen LogP contribution in [0, 0.1) is 5.92 Å². The first kappa shape index (κ1) is 21.3. The number of carbonyl (C=O) groups is 2. The molecule has 1 N–H and O–H groups in total. The summed E-state index contributed by atoms with van der Waals surface area (Å²) in [7, 11) is -3.45. The van der Waals surface area contributed by atoms with E-state index in [0.29, 0.717) is 56.2 Å². The van der Waals surface area contributed by atoms with Crippen LogP contribution < -0.4 is 5.32 Å². The third-order valence-corrected chi connectivity index (χ3v) is 8.76. The van der Waals surface area contributed by atoms with Crippen LogP contribution in [0.4, 0.5) is 0 Å². The van der Waals surface area contributed by atoms with Gasteiger partial charge in [0, 0.05) is 45.1 Å². The predicted octanol–water partition coefficient (Wildman–Crippen LogP) is 2.06. The Balaban J connectivity index is 1.57. The van der Waals surface area contributed by atoms with Gasteiger partial charge in [-0.3, -0.25) is 9.59 Å². The quantitative estimate of drug-likeness (QED) is 0.800. The summed E-state index contributed by atoms with van der Waals surface area (Å²) in [6.07, 6.45) is 5.44. The lowest BCUT2D eigenvalue weighted by Crippen LogP contribution is -2.45. The van der Waals surface area contributed by atoms with Crippen LogP contribution in [0.25, 0.3) is 0 Å². The van der Waals surface area contributed by atoms with E-state index in [1.165, 1.54) is 15.6 Å². The number of piperidine rings is 1. The number of hydrogen-bond donors (Lipinski definition) is 1. The highest BCUT2D eigenvalue weighted by Crippen LogP contribution is 2.27. The lowest BCUT2D eigenvalue weighted by molar-refractivity contribution is -0.137. The Morgan fingerprint density at radius 2 is 1.82 bits per heavy atom. The highest BCUT2D eigenvalue weighted by molar-refractivity contribution is 7.91. The number of amides is 2. The number of sulfonamides is 1. The van der Waals surface area contributed by atoms with Crippen molar-refractivity contribution in [2.24, 2.45) is 5.92 Å². The van der Waals surface area contributed by atoms with Crippen LogP contribution in [0.2, 0.25) is 0 Å². The van der Waals surface area contributed by atoms with Crippen molar-refractivity contribution in [3.05, 3.63) is 17.5 Å². The molecule has 0 unspecified atom stereocenters. The van der Waals surface area contributed by atoms with Gasteiger partial charge in [0.05, 0.1) is 0 Å². The molecule has 3 heterocycles. The van der Waals surface area contributed by atoms with Gasteiger partial charge in [-0.15, -0.1) is 11.3 Å². The second kappa shape index (κ2) is 9.84. The predicted molar refractivity (Wildman–Crippen MR) is 108 cm³/mol. The van der Waals surface area contributed by atoms with Crippen LogP contribution in [0.15, 0.2) is 21.7 Å². The van der Waals surface area contributed by atoms with Gasteiger partial charge in [-0.05, 0) is 37.1 Å². The average molecular weight is 428 g/mol. The van der Waals surface area contributed by atoms with Gasteiger partial charge in [-0.1, -0.05) is 18.9 Å². The maximum Gasteiger partial charge on any atom is 0.252 e. The molecule has 2 aliphatic heterocycles. The molecule has 1 aromatic heterocycles. The number of carbonyl (C=O) groups excluding carboxylic acids is 2. The zero-order chi connectivity index (χ0) is 20.0.